The van der Waals surface area contributed by atoms with Gasteiger partial charge in [-0.2, -0.15) is 12.1 Å². The molecular formula is C68H68N4OPt-2. The number of rotatable bonds is 10. The number of hydrogen-bond donors (Lipinski definition) is 0. The van der Waals surface area contributed by atoms with Crippen LogP contribution >= 0.6 is 0 Å². The van der Waals surface area contributed by atoms with E-state index in [1.54, 1.807) is 0 Å². The SMILES string of the molecule is CC(C)(C)c1cc(Oc2[c-]c(-n3[c-][n+](-c4cc(-c5ccccc5)cc(C(C)(C)c5ccccc5)c4)c(C(C)(C)C)c3C(C)(C)C)ccc2)[c-]c2c1c1ccccc1n2-c1cc(C(C)(C)c2ccccc2)ccn1.[Pt]. The van der Waals surface area contributed by atoms with E-state index in [-0.39, 0.29) is 48.1 Å². The van der Waals surface area contributed by atoms with Crippen LogP contribution in [0.1, 0.15) is 129 Å². The van der Waals surface area contributed by atoms with Crippen LogP contribution < -0.4 is 9.30 Å². The number of aromatic nitrogens is 4. The summed E-state index contributed by atoms with van der Waals surface area (Å²) < 4.78 is 13.8. The Kier molecular flexibility index (Phi) is 13.7. The van der Waals surface area contributed by atoms with E-state index in [2.05, 4.69) is 286 Å². The van der Waals surface area contributed by atoms with Crippen LogP contribution in [-0.2, 0) is 48.1 Å². The maximum Gasteiger partial charge on any atom is 0.267 e. The summed E-state index contributed by atoms with van der Waals surface area (Å²) in [5.41, 5.74) is 13.3. The Morgan fingerprint density at radius 3 is 1.73 bits per heavy atom. The second-order valence-electron chi connectivity index (χ2n) is 23.9. The van der Waals surface area contributed by atoms with Crippen molar-refractivity contribution >= 4 is 21.8 Å². The molecule has 0 radical (unpaired) electrons. The van der Waals surface area contributed by atoms with Gasteiger partial charge in [-0.3, -0.25) is 4.57 Å². The van der Waals surface area contributed by atoms with E-state index in [1.807, 2.05) is 12.3 Å². The van der Waals surface area contributed by atoms with E-state index < -0.39 is 0 Å². The van der Waals surface area contributed by atoms with Gasteiger partial charge >= 0.3 is 0 Å². The standard InChI is InChI=1S/C68H68N4O.Pt/c1-64(2,3)57-43-55(44-59-61(57)56-34-23-24-35-58(56)72(59)60-41-50(36-37-69-60)67(10,11)48-28-19-15-20-29-48)73-54-33-25-32-52(42-54)70-45-71(63(66(7,8)9)62(70)65(4,5)6)53-39-47(46-26-17-14-18-27-46)38-51(40-53)68(12,13)49-30-21-16-22-31-49;/h14-41,43H,1-13H3;/q-2;. The average molecular weight is 1150 g/mol. The molecule has 74 heavy (non-hydrogen) atoms. The average Bonchev–Trinajstić information content (AvgIpc) is 3.95. The minimum atomic E-state index is -0.284. The molecule has 5 nitrogen and oxygen atoms in total. The quantitative estimate of drug-likeness (QED) is 0.101. The number of fused-ring (bicyclic) bond motifs is 3. The van der Waals surface area contributed by atoms with Crippen LogP contribution in [0.4, 0.5) is 0 Å². The van der Waals surface area contributed by atoms with Crippen molar-refractivity contribution in [1.29, 1.82) is 0 Å². The van der Waals surface area contributed by atoms with E-state index in [0.717, 1.165) is 50.3 Å². The molecule has 0 saturated carbocycles. The topological polar surface area (TPSA) is 35.9 Å². The van der Waals surface area contributed by atoms with Gasteiger partial charge < -0.3 is 13.9 Å². The maximum absolute atomic E-state index is 7.00. The smallest absolute Gasteiger partial charge is 0.267 e. The molecule has 3 heterocycles. The van der Waals surface area contributed by atoms with Crippen LogP contribution in [0.5, 0.6) is 11.5 Å². The fourth-order valence-corrected chi connectivity index (χ4v) is 10.6. The van der Waals surface area contributed by atoms with E-state index in [4.69, 9.17) is 9.72 Å². The molecule has 0 aliphatic carbocycles. The van der Waals surface area contributed by atoms with Gasteiger partial charge in [0.25, 0.3) is 6.33 Å². The van der Waals surface area contributed by atoms with Crippen molar-refractivity contribution in [2.45, 2.75) is 117 Å². The van der Waals surface area contributed by atoms with Crippen molar-refractivity contribution < 1.29 is 30.4 Å². The van der Waals surface area contributed by atoms with Crippen LogP contribution in [0, 0.1) is 18.5 Å². The van der Waals surface area contributed by atoms with Crippen LogP contribution in [-0.4, -0.2) is 14.1 Å². The molecule has 0 saturated heterocycles. The van der Waals surface area contributed by atoms with Gasteiger partial charge in [0.1, 0.15) is 5.82 Å². The van der Waals surface area contributed by atoms with Gasteiger partial charge in [0.2, 0.25) is 0 Å². The van der Waals surface area contributed by atoms with Gasteiger partial charge in [-0.05, 0) is 91.0 Å². The molecule has 0 fully saturated rings. The van der Waals surface area contributed by atoms with E-state index >= 15 is 0 Å². The first-order valence-corrected chi connectivity index (χ1v) is 25.7. The second-order valence-corrected chi connectivity index (χ2v) is 23.9. The minimum absolute atomic E-state index is 0. The molecule has 0 atom stereocenters. The fraction of sp³-hybridized carbons (Fsp3) is 0.265. The normalized spacial score (nSPS) is 12.6. The maximum atomic E-state index is 7.00. The largest absolute Gasteiger partial charge is 0.510 e. The first-order valence-electron chi connectivity index (χ1n) is 25.7. The molecular weight excluding hydrogens is 1080 g/mol. The van der Waals surface area contributed by atoms with Gasteiger partial charge in [-0.25, -0.2) is 4.98 Å². The number of pyridine rings is 1. The Morgan fingerprint density at radius 2 is 1.11 bits per heavy atom. The number of imidazole rings is 1. The Morgan fingerprint density at radius 1 is 0.500 bits per heavy atom. The monoisotopic (exact) mass is 1150 g/mol. The third-order valence-electron chi connectivity index (χ3n) is 14.7. The molecule has 10 rings (SSSR count). The zero-order valence-electron chi connectivity index (χ0n) is 45.3. The summed E-state index contributed by atoms with van der Waals surface area (Å²) in [6.45, 7) is 29.8. The summed E-state index contributed by atoms with van der Waals surface area (Å²) in [6, 6.07) is 68.1. The molecule has 0 aliphatic heterocycles. The van der Waals surface area contributed by atoms with E-state index in [9.17, 15) is 0 Å². The third kappa shape index (κ3) is 9.72. The molecule has 0 unspecified atom stereocenters. The summed E-state index contributed by atoms with van der Waals surface area (Å²) in [7, 11) is 0. The van der Waals surface area contributed by atoms with Crippen LogP contribution in [0.25, 0.3) is 50.1 Å². The molecule has 0 amide bonds. The first-order chi connectivity index (χ1) is 34.6. The summed E-state index contributed by atoms with van der Waals surface area (Å²) in [6.07, 6.45) is 5.87. The Balaban J connectivity index is 0.00000672. The molecule has 0 N–H and O–H groups in total. The molecule has 0 bridgehead atoms. The fourth-order valence-electron chi connectivity index (χ4n) is 10.6. The number of benzene rings is 7. The number of hydrogen-bond acceptors (Lipinski definition) is 2. The third-order valence-corrected chi connectivity index (χ3v) is 14.7. The second kappa shape index (κ2) is 19.5. The number of para-hydroxylation sites is 1. The van der Waals surface area contributed by atoms with Crippen LogP contribution in [0.15, 0.2) is 176 Å². The van der Waals surface area contributed by atoms with Gasteiger partial charge in [0.15, 0.2) is 0 Å². The van der Waals surface area contributed by atoms with Crippen molar-refractivity contribution in [3.63, 3.8) is 0 Å². The summed E-state index contributed by atoms with van der Waals surface area (Å²) in [4.78, 5) is 5.05. The molecule has 6 heteroatoms. The van der Waals surface area contributed by atoms with E-state index in [1.165, 1.54) is 39.1 Å². The summed E-state index contributed by atoms with van der Waals surface area (Å²) >= 11 is 0. The van der Waals surface area contributed by atoms with Crippen molar-refractivity contribution in [3.8, 4) is 39.8 Å². The summed E-state index contributed by atoms with van der Waals surface area (Å²) in [5, 5.41) is 2.30. The van der Waals surface area contributed by atoms with Gasteiger partial charge in [-0.1, -0.05) is 216 Å². The molecule has 3 aromatic heterocycles. The molecule has 0 spiro atoms. The van der Waals surface area contributed by atoms with Crippen LogP contribution in [0.3, 0.4) is 0 Å². The van der Waals surface area contributed by atoms with Crippen molar-refractivity contribution in [2.75, 3.05) is 0 Å². The molecule has 378 valence electrons. The number of ether oxygens (including phenoxy) is 1. The van der Waals surface area contributed by atoms with Crippen molar-refractivity contribution in [3.05, 3.63) is 234 Å². The molecule has 7 aromatic carbocycles. The summed E-state index contributed by atoms with van der Waals surface area (Å²) in [5.74, 6) is 2.03. The Labute approximate surface area is 454 Å². The van der Waals surface area contributed by atoms with Crippen LogP contribution in [0.2, 0.25) is 0 Å². The Hall–Kier alpha value is -6.81. The zero-order chi connectivity index (χ0) is 51.7. The zero-order valence-corrected chi connectivity index (χ0v) is 47.5. The number of nitrogens with zero attached hydrogens (tertiary/aromatic N) is 4. The van der Waals surface area contributed by atoms with Gasteiger partial charge in [0, 0.05) is 55.1 Å². The molecule has 10 aromatic rings. The molecule has 0 aliphatic rings. The van der Waals surface area contributed by atoms with Crippen molar-refractivity contribution in [2.24, 2.45) is 0 Å². The Bertz CT molecular complexity index is 3640. The van der Waals surface area contributed by atoms with Crippen molar-refractivity contribution in [1.82, 2.24) is 14.1 Å². The predicted octanol–water partition coefficient (Wildman–Crippen LogP) is 16.6. The van der Waals surface area contributed by atoms with Gasteiger partial charge in [0.05, 0.1) is 17.1 Å². The van der Waals surface area contributed by atoms with E-state index in [0.29, 0.717) is 11.5 Å². The predicted molar refractivity (Wildman–Crippen MR) is 301 cm³/mol. The first kappa shape index (κ1) is 52.1. The minimum Gasteiger partial charge on any atom is -0.510 e. The van der Waals surface area contributed by atoms with Gasteiger partial charge in [-0.15, -0.1) is 29.8 Å².